The molecule has 0 fully saturated rings. The second-order valence-corrected chi connectivity index (χ2v) is 6.23. The molecular weight excluding hydrogens is 276 g/mol. The minimum Gasteiger partial charge on any atom is -0.305 e. The third-order valence-corrected chi connectivity index (χ3v) is 3.88. The number of benzene rings is 1. The summed E-state index contributed by atoms with van der Waals surface area (Å²) in [4.78, 5) is 23.4. The molecule has 1 aromatic carbocycles. The molecule has 0 saturated carbocycles. The fourth-order valence-electron chi connectivity index (χ4n) is 2.20. The molecule has 0 radical (unpaired) electrons. The Morgan fingerprint density at radius 2 is 1.85 bits per heavy atom. The first-order valence-electron chi connectivity index (χ1n) is 6.11. The van der Waals surface area contributed by atoms with Crippen molar-refractivity contribution in [3.63, 3.8) is 0 Å². The van der Waals surface area contributed by atoms with Crippen molar-refractivity contribution < 1.29 is 4.21 Å². The summed E-state index contributed by atoms with van der Waals surface area (Å²) in [7, 11) is -0.963. The van der Waals surface area contributed by atoms with Gasteiger partial charge in [0.2, 0.25) is 0 Å². The highest BCUT2D eigenvalue weighted by atomic mass is 32.2. The molecule has 6 heteroatoms. The molecule has 0 unspecified atom stereocenters. The lowest BCUT2D eigenvalue weighted by Gasteiger charge is -2.12. The standard InChI is InChI=1S/C14H16N2O3S/c1-8-4-10(7-20(3)19)9(2)11(5-8)12-6-15-16-14(18)13(12)17/h4-6H,7H2,1-3H3,(H,15,17)(H,16,18)/t20-/m1/s1. The number of H-pyrrole nitrogens is 2. The van der Waals surface area contributed by atoms with Gasteiger partial charge < -0.3 is 5.10 Å². The highest BCUT2D eigenvalue weighted by Crippen LogP contribution is 2.25. The SMILES string of the molecule is Cc1cc(C[S@@](C)=O)c(C)c(-c2c[nH][nH]c(=O)c2=O)c1. The molecule has 0 saturated heterocycles. The van der Waals surface area contributed by atoms with E-state index in [9.17, 15) is 13.8 Å². The summed E-state index contributed by atoms with van der Waals surface area (Å²) in [5, 5.41) is 4.83. The van der Waals surface area contributed by atoms with E-state index in [2.05, 4.69) is 10.2 Å². The molecular formula is C14H16N2O3S. The molecule has 2 N–H and O–H groups in total. The summed E-state index contributed by atoms with van der Waals surface area (Å²) in [6.45, 7) is 3.78. The molecule has 106 valence electrons. The average molecular weight is 292 g/mol. The van der Waals surface area contributed by atoms with Crippen LogP contribution < -0.4 is 11.0 Å². The van der Waals surface area contributed by atoms with E-state index in [1.54, 1.807) is 6.26 Å². The van der Waals surface area contributed by atoms with Crippen LogP contribution >= 0.6 is 0 Å². The van der Waals surface area contributed by atoms with E-state index in [4.69, 9.17) is 0 Å². The van der Waals surface area contributed by atoms with Crippen LogP contribution in [-0.4, -0.2) is 20.7 Å². The molecule has 1 heterocycles. The van der Waals surface area contributed by atoms with Gasteiger partial charge in [0.1, 0.15) is 0 Å². The Kier molecular flexibility index (Phi) is 4.04. The number of aromatic amines is 2. The molecule has 20 heavy (non-hydrogen) atoms. The van der Waals surface area contributed by atoms with Gasteiger partial charge in [0.05, 0.1) is 5.56 Å². The van der Waals surface area contributed by atoms with Crippen LogP contribution in [0, 0.1) is 13.8 Å². The highest BCUT2D eigenvalue weighted by Gasteiger charge is 2.13. The summed E-state index contributed by atoms with van der Waals surface area (Å²) < 4.78 is 11.4. The lowest BCUT2D eigenvalue weighted by molar-refractivity contribution is 0.686. The van der Waals surface area contributed by atoms with Crippen molar-refractivity contribution in [1.29, 1.82) is 0 Å². The van der Waals surface area contributed by atoms with Crippen LogP contribution in [0.15, 0.2) is 27.9 Å². The van der Waals surface area contributed by atoms with Gasteiger partial charge in [-0.1, -0.05) is 17.7 Å². The van der Waals surface area contributed by atoms with Crippen molar-refractivity contribution >= 4 is 10.8 Å². The molecule has 5 nitrogen and oxygen atoms in total. The van der Waals surface area contributed by atoms with Crippen molar-refractivity contribution in [2.75, 3.05) is 6.26 Å². The van der Waals surface area contributed by atoms with Gasteiger partial charge in [-0.15, -0.1) is 0 Å². The summed E-state index contributed by atoms with van der Waals surface area (Å²) in [6, 6.07) is 3.82. The Morgan fingerprint density at radius 1 is 1.15 bits per heavy atom. The average Bonchev–Trinajstić information content (AvgIpc) is 2.36. The highest BCUT2D eigenvalue weighted by molar-refractivity contribution is 7.83. The first-order valence-corrected chi connectivity index (χ1v) is 7.83. The van der Waals surface area contributed by atoms with Crippen molar-refractivity contribution in [2.45, 2.75) is 19.6 Å². The molecule has 0 amide bonds. The largest absolute Gasteiger partial charge is 0.310 e. The molecule has 1 aromatic heterocycles. The maximum absolute atomic E-state index is 11.9. The van der Waals surface area contributed by atoms with E-state index in [0.717, 1.165) is 16.7 Å². The van der Waals surface area contributed by atoms with Crippen LogP contribution in [0.1, 0.15) is 16.7 Å². The quantitative estimate of drug-likeness (QED) is 0.835. The summed E-state index contributed by atoms with van der Waals surface area (Å²) >= 11 is 0. The number of nitrogens with one attached hydrogen (secondary N) is 2. The first-order chi connectivity index (χ1) is 9.40. The molecule has 0 aliphatic heterocycles. The van der Waals surface area contributed by atoms with Crippen LogP contribution in [-0.2, 0) is 16.6 Å². The van der Waals surface area contributed by atoms with Gasteiger partial charge >= 0.3 is 5.56 Å². The minimum absolute atomic E-state index is 0.332. The Morgan fingerprint density at radius 3 is 2.50 bits per heavy atom. The van der Waals surface area contributed by atoms with Crippen molar-refractivity contribution in [2.24, 2.45) is 0 Å². The van der Waals surface area contributed by atoms with Gasteiger partial charge in [-0.3, -0.25) is 18.9 Å². The number of rotatable bonds is 3. The van der Waals surface area contributed by atoms with E-state index in [0.29, 0.717) is 16.9 Å². The monoisotopic (exact) mass is 292 g/mol. The van der Waals surface area contributed by atoms with Gasteiger partial charge in [0, 0.05) is 29.0 Å². The third-order valence-electron chi connectivity index (χ3n) is 3.16. The summed E-state index contributed by atoms with van der Waals surface area (Å²) in [6.07, 6.45) is 3.12. The summed E-state index contributed by atoms with van der Waals surface area (Å²) in [5.41, 5.74) is 2.56. The normalized spacial score (nSPS) is 12.3. The van der Waals surface area contributed by atoms with Gasteiger partial charge in [-0.05, 0) is 30.5 Å². The van der Waals surface area contributed by atoms with Gasteiger partial charge in [0.25, 0.3) is 5.43 Å². The van der Waals surface area contributed by atoms with Crippen molar-refractivity contribution in [3.8, 4) is 11.1 Å². The Hall–Kier alpha value is -1.95. The Labute approximate surface area is 118 Å². The maximum Gasteiger partial charge on any atom is 0.310 e. The Bertz CT molecular complexity index is 790. The Balaban J connectivity index is 2.71. The zero-order valence-electron chi connectivity index (χ0n) is 11.6. The smallest absolute Gasteiger partial charge is 0.305 e. The lowest BCUT2D eigenvalue weighted by atomic mass is 9.96. The summed E-state index contributed by atoms with van der Waals surface area (Å²) in [5.74, 6) is 0.432. The topological polar surface area (TPSA) is 82.8 Å². The third kappa shape index (κ3) is 2.80. The fraction of sp³-hybridized carbons (Fsp3) is 0.286. The number of aryl methyl sites for hydroxylation is 1. The minimum atomic E-state index is -0.963. The second-order valence-electron chi connectivity index (χ2n) is 4.80. The number of aromatic nitrogens is 2. The maximum atomic E-state index is 11.9. The number of hydrogen-bond donors (Lipinski definition) is 2. The van der Waals surface area contributed by atoms with E-state index >= 15 is 0 Å². The molecule has 0 aliphatic carbocycles. The van der Waals surface area contributed by atoms with Crippen molar-refractivity contribution in [3.05, 3.63) is 55.6 Å². The van der Waals surface area contributed by atoms with Crippen LogP contribution in [0.4, 0.5) is 0 Å². The zero-order chi connectivity index (χ0) is 14.9. The van der Waals surface area contributed by atoms with Crippen LogP contribution in [0.3, 0.4) is 0 Å². The van der Waals surface area contributed by atoms with Gasteiger partial charge in [-0.25, -0.2) is 0 Å². The first kappa shape index (κ1) is 14.5. The molecule has 2 rings (SSSR count). The lowest BCUT2D eigenvalue weighted by Crippen LogP contribution is -2.28. The van der Waals surface area contributed by atoms with E-state index in [1.807, 2.05) is 26.0 Å². The van der Waals surface area contributed by atoms with Crippen LogP contribution in [0.5, 0.6) is 0 Å². The number of hydrogen-bond acceptors (Lipinski definition) is 3. The fourth-order valence-corrected chi connectivity index (χ4v) is 2.94. The van der Waals surface area contributed by atoms with Gasteiger partial charge in [-0.2, -0.15) is 0 Å². The molecule has 0 bridgehead atoms. The van der Waals surface area contributed by atoms with Crippen LogP contribution in [0.25, 0.3) is 11.1 Å². The molecule has 0 aliphatic rings. The predicted molar refractivity (Wildman–Crippen MR) is 80.4 cm³/mol. The van der Waals surface area contributed by atoms with Crippen LogP contribution in [0.2, 0.25) is 0 Å². The van der Waals surface area contributed by atoms with E-state index < -0.39 is 21.8 Å². The van der Waals surface area contributed by atoms with Crippen molar-refractivity contribution in [1.82, 2.24) is 10.2 Å². The molecule has 1 atom stereocenters. The molecule has 2 aromatic rings. The zero-order valence-corrected chi connectivity index (χ0v) is 12.4. The van der Waals surface area contributed by atoms with Gasteiger partial charge in [0.15, 0.2) is 0 Å². The van der Waals surface area contributed by atoms with E-state index in [1.165, 1.54) is 6.20 Å². The van der Waals surface area contributed by atoms with E-state index in [-0.39, 0.29) is 0 Å². The second kappa shape index (κ2) is 5.58. The molecule has 0 spiro atoms. The predicted octanol–water partition coefficient (Wildman–Crippen LogP) is 1.23.